The molecule has 17 heavy (non-hydrogen) atoms. The Morgan fingerprint density at radius 2 is 1.76 bits per heavy atom. The van der Waals surface area contributed by atoms with Crippen molar-refractivity contribution in [3.8, 4) is 0 Å². The first-order valence-electron chi connectivity index (χ1n) is 4.61. The first-order valence-corrected chi connectivity index (χ1v) is 4.61. The van der Waals surface area contributed by atoms with E-state index in [9.17, 15) is 22.4 Å². The van der Waals surface area contributed by atoms with Gasteiger partial charge in [-0.2, -0.15) is 0 Å². The average Bonchev–Trinajstić information content (AvgIpc) is 2.30. The second-order valence-corrected chi connectivity index (χ2v) is 3.10. The van der Waals surface area contributed by atoms with Crippen LogP contribution < -0.4 is 5.32 Å². The number of halogens is 4. The number of esters is 1. The summed E-state index contributed by atoms with van der Waals surface area (Å²) in [7, 11) is 1.14. The molecule has 0 heterocycles. The number of benzene rings is 1. The lowest BCUT2D eigenvalue weighted by atomic mass is 10.2. The van der Waals surface area contributed by atoms with Gasteiger partial charge in [-0.25, -0.2) is 17.6 Å². The number of methoxy groups -OCH3 is 1. The van der Waals surface area contributed by atoms with E-state index in [4.69, 9.17) is 0 Å². The third-order valence-corrected chi connectivity index (χ3v) is 1.97. The van der Waals surface area contributed by atoms with Gasteiger partial charge in [-0.15, -0.1) is 0 Å². The fourth-order valence-electron chi connectivity index (χ4n) is 1.12. The summed E-state index contributed by atoms with van der Waals surface area (Å²) in [5, 5.41) is 2.10. The largest absolute Gasteiger partial charge is 0.469 e. The van der Waals surface area contributed by atoms with Gasteiger partial charge in [0.15, 0.2) is 23.3 Å². The van der Waals surface area contributed by atoms with Crippen LogP contribution in [0.5, 0.6) is 0 Å². The molecule has 0 aromatic heterocycles. The van der Waals surface area contributed by atoms with Crippen molar-refractivity contribution in [1.82, 2.24) is 0 Å². The summed E-state index contributed by atoms with van der Waals surface area (Å²) in [4.78, 5) is 10.7. The SMILES string of the molecule is COC(=O)CCNc1c(F)c(F)cc(F)c1F. The van der Waals surface area contributed by atoms with Crippen LogP contribution >= 0.6 is 0 Å². The minimum Gasteiger partial charge on any atom is -0.469 e. The Morgan fingerprint density at radius 3 is 2.24 bits per heavy atom. The van der Waals surface area contributed by atoms with E-state index in [-0.39, 0.29) is 19.0 Å². The van der Waals surface area contributed by atoms with E-state index >= 15 is 0 Å². The van der Waals surface area contributed by atoms with Crippen molar-refractivity contribution in [2.45, 2.75) is 6.42 Å². The van der Waals surface area contributed by atoms with Crippen LogP contribution in [0.25, 0.3) is 0 Å². The number of anilines is 1. The van der Waals surface area contributed by atoms with Crippen molar-refractivity contribution in [1.29, 1.82) is 0 Å². The van der Waals surface area contributed by atoms with Crippen molar-refractivity contribution in [2.75, 3.05) is 19.0 Å². The smallest absolute Gasteiger partial charge is 0.307 e. The van der Waals surface area contributed by atoms with E-state index in [1.165, 1.54) is 0 Å². The van der Waals surface area contributed by atoms with Crippen molar-refractivity contribution in [3.63, 3.8) is 0 Å². The Bertz CT molecular complexity index is 411. The van der Waals surface area contributed by atoms with Gasteiger partial charge in [-0.05, 0) is 0 Å². The molecule has 0 saturated carbocycles. The minimum atomic E-state index is -1.53. The molecule has 1 aromatic rings. The van der Waals surface area contributed by atoms with Gasteiger partial charge < -0.3 is 10.1 Å². The molecule has 0 unspecified atom stereocenters. The molecule has 1 aromatic carbocycles. The normalized spacial score (nSPS) is 10.2. The Hall–Kier alpha value is -1.79. The summed E-state index contributed by atoms with van der Waals surface area (Å²) in [5.74, 6) is -6.70. The van der Waals surface area contributed by atoms with Gasteiger partial charge >= 0.3 is 5.97 Å². The number of hydrogen-bond acceptors (Lipinski definition) is 3. The second kappa shape index (κ2) is 5.51. The molecule has 0 aliphatic rings. The first-order chi connectivity index (χ1) is 7.97. The molecule has 0 aliphatic heterocycles. The van der Waals surface area contributed by atoms with Crippen molar-refractivity contribution >= 4 is 11.7 Å². The molecule has 94 valence electrons. The quantitative estimate of drug-likeness (QED) is 0.506. The van der Waals surface area contributed by atoms with Crippen LogP contribution in [0.1, 0.15) is 6.42 Å². The maximum atomic E-state index is 13.1. The molecule has 0 spiro atoms. The lowest BCUT2D eigenvalue weighted by Gasteiger charge is -2.09. The number of carbonyl (C=O) groups excluding carboxylic acids is 1. The van der Waals surface area contributed by atoms with Crippen LogP contribution in [0.15, 0.2) is 6.07 Å². The summed E-state index contributed by atoms with van der Waals surface area (Å²) < 4.78 is 56.0. The van der Waals surface area contributed by atoms with Crippen molar-refractivity contribution in [3.05, 3.63) is 29.3 Å². The fourth-order valence-corrected chi connectivity index (χ4v) is 1.12. The molecule has 0 bridgehead atoms. The zero-order valence-electron chi connectivity index (χ0n) is 8.82. The number of nitrogens with one attached hydrogen (secondary N) is 1. The molecule has 3 nitrogen and oxygen atoms in total. The van der Waals surface area contributed by atoms with Gasteiger partial charge in [0.1, 0.15) is 5.69 Å². The standard InChI is InChI=1S/C10H9F4NO2/c1-17-7(16)2-3-15-10-8(13)5(11)4-6(12)9(10)14/h4,15H,2-3H2,1H3. The van der Waals surface area contributed by atoms with Gasteiger partial charge in [0.25, 0.3) is 0 Å². The molecule has 0 amide bonds. The highest BCUT2D eigenvalue weighted by atomic mass is 19.2. The zero-order valence-corrected chi connectivity index (χ0v) is 8.82. The summed E-state index contributed by atoms with van der Waals surface area (Å²) in [6.07, 6.45) is -0.187. The molecule has 0 fully saturated rings. The number of carbonyl (C=O) groups is 1. The van der Waals surface area contributed by atoms with Gasteiger partial charge in [0.2, 0.25) is 0 Å². The molecular formula is C10H9F4NO2. The third-order valence-electron chi connectivity index (χ3n) is 1.97. The minimum absolute atomic E-state index is 0.107. The Kier molecular flexibility index (Phi) is 4.30. The molecule has 1 rings (SSSR count). The number of ether oxygens (including phenoxy) is 1. The van der Waals surface area contributed by atoms with Gasteiger partial charge in [-0.1, -0.05) is 0 Å². The number of rotatable bonds is 4. The predicted molar refractivity (Wildman–Crippen MR) is 51.4 cm³/mol. The Labute approximate surface area is 94.4 Å². The molecule has 0 aliphatic carbocycles. The summed E-state index contributed by atoms with van der Waals surface area (Å²) in [6.45, 7) is -0.205. The second-order valence-electron chi connectivity index (χ2n) is 3.10. The highest BCUT2D eigenvalue weighted by Gasteiger charge is 2.18. The molecule has 7 heteroatoms. The molecular weight excluding hydrogens is 242 g/mol. The van der Waals surface area contributed by atoms with Crippen molar-refractivity contribution < 1.29 is 27.1 Å². The van der Waals surface area contributed by atoms with Gasteiger partial charge in [-0.3, -0.25) is 4.79 Å². The van der Waals surface area contributed by atoms with Crippen LogP contribution in [-0.4, -0.2) is 19.6 Å². The molecule has 1 N–H and O–H groups in total. The zero-order chi connectivity index (χ0) is 13.0. The molecule has 0 saturated heterocycles. The highest BCUT2D eigenvalue weighted by Crippen LogP contribution is 2.23. The van der Waals surface area contributed by atoms with Gasteiger partial charge in [0.05, 0.1) is 13.5 Å². The van der Waals surface area contributed by atoms with E-state index in [1.807, 2.05) is 0 Å². The van der Waals surface area contributed by atoms with Crippen LogP contribution in [0.3, 0.4) is 0 Å². The Morgan fingerprint density at radius 1 is 1.24 bits per heavy atom. The monoisotopic (exact) mass is 251 g/mol. The fraction of sp³-hybridized carbons (Fsp3) is 0.300. The van der Waals surface area contributed by atoms with E-state index in [0.717, 1.165) is 7.11 Å². The van der Waals surface area contributed by atoms with Crippen LogP contribution in [0.2, 0.25) is 0 Å². The lowest BCUT2D eigenvalue weighted by Crippen LogP contribution is -2.13. The predicted octanol–water partition coefficient (Wildman–Crippen LogP) is 2.22. The van der Waals surface area contributed by atoms with E-state index in [2.05, 4.69) is 10.1 Å². The van der Waals surface area contributed by atoms with Gasteiger partial charge in [0, 0.05) is 12.6 Å². The van der Waals surface area contributed by atoms with Crippen LogP contribution in [-0.2, 0) is 9.53 Å². The summed E-state index contributed by atoms with van der Waals surface area (Å²) in [5.41, 5.74) is -0.939. The average molecular weight is 251 g/mol. The van der Waals surface area contributed by atoms with E-state index in [0.29, 0.717) is 0 Å². The highest BCUT2D eigenvalue weighted by molar-refractivity contribution is 5.69. The van der Waals surface area contributed by atoms with Crippen LogP contribution in [0, 0.1) is 23.3 Å². The van der Waals surface area contributed by atoms with Crippen LogP contribution in [0.4, 0.5) is 23.2 Å². The summed E-state index contributed by atoms with van der Waals surface area (Å²) in [6, 6.07) is 0.107. The maximum absolute atomic E-state index is 13.1. The van der Waals surface area contributed by atoms with E-state index in [1.54, 1.807) is 0 Å². The Balaban J connectivity index is 2.80. The maximum Gasteiger partial charge on any atom is 0.307 e. The lowest BCUT2D eigenvalue weighted by molar-refractivity contribution is -0.140. The third kappa shape index (κ3) is 3.08. The number of hydrogen-bond donors (Lipinski definition) is 1. The van der Waals surface area contributed by atoms with E-state index < -0.39 is 34.9 Å². The van der Waals surface area contributed by atoms with Crippen molar-refractivity contribution in [2.24, 2.45) is 0 Å². The molecule has 0 atom stereocenters. The topological polar surface area (TPSA) is 38.3 Å². The first kappa shape index (κ1) is 13.3. The molecule has 0 radical (unpaired) electrons. The summed E-state index contributed by atoms with van der Waals surface area (Å²) >= 11 is 0.